The minimum Gasteiger partial charge on any atom is -0.448 e. The van der Waals surface area contributed by atoms with Crippen molar-refractivity contribution in [1.29, 1.82) is 0 Å². The van der Waals surface area contributed by atoms with Crippen LogP contribution in [0.5, 0.6) is 0 Å². The van der Waals surface area contributed by atoms with Gasteiger partial charge in [-0.25, -0.2) is 0 Å². The first-order valence-corrected chi connectivity index (χ1v) is 4.98. The van der Waals surface area contributed by atoms with E-state index in [2.05, 4.69) is 4.99 Å². The smallest absolute Gasteiger partial charge is 0.317 e. The second-order valence-corrected chi connectivity index (χ2v) is 3.85. The van der Waals surface area contributed by atoms with Crippen LogP contribution in [-0.2, 0) is 15.3 Å². The Morgan fingerprint density at radius 1 is 1.35 bits per heavy atom. The SMILES string of the molecule is Cc1cc([N+](=O)[O-])cc2c1N=CC21OC=CO1. The summed E-state index contributed by atoms with van der Waals surface area (Å²) in [6.45, 7) is 1.77. The molecular weight excluding hydrogens is 224 g/mol. The molecule has 0 bridgehead atoms. The number of rotatable bonds is 1. The number of nitrogens with zero attached hydrogens (tertiary/aromatic N) is 2. The number of non-ortho nitro benzene ring substituents is 1. The molecule has 17 heavy (non-hydrogen) atoms. The van der Waals surface area contributed by atoms with E-state index in [1.807, 2.05) is 0 Å². The van der Waals surface area contributed by atoms with Crippen molar-refractivity contribution in [3.8, 4) is 0 Å². The molecule has 2 aliphatic rings. The number of hydrogen-bond acceptors (Lipinski definition) is 5. The van der Waals surface area contributed by atoms with Gasteiger partial charge in [0, 0.05) is 12.1 Å². The van der Waals surface area contributed by atoms with Gasteiger partial charge in [0.15, 0.2) is 0 Å². The minimum absolute atomic E-state index is 0.00484. The molecule has 1 spiro atoms. The Labute approximate surface area is 96.3 Å². The van der Waals surface area contributed by atoms with E-state index in [1.165, 1.54) is 30.9 Å². The average Bonchev–Trinajstić information content (AvgIpc) is 2.89. The van der Waals surface area contributed by atoms with Gasteiger partial charge in [-0.1, -0.05) is 0 Å². The fourth-order valence-electron chi connectivity index (χ4n) is 2.00. The number of aliphatic imine (C=N–C) groups is 1. The van der Waals surface area contributed by atoms with E-state index in [0.717, 1.165) is 5.56 Å². The Morgan fingerprint density at radius 3 is 2.71 bits per heavy atom. The number of nitro groups is 1. The summed E-state index contributed by atoms with van der Waals surface area (Å²) in [7, 11) is 0. The standard InChI is InChI=1S/C11H8N2O4/c1-7-4-8(13(14)15)5-9-10(7)12-6-11(9)16-2-3-17-11/h2-6H,1H3. The first-order chi connectivity index (χ1) is 8.12. The zero-order valence-electron chi connectivity index (χ0n) is 8.91. The van der Waals surface area contributed by atoms with Crippen molar-refractivity contribution in [1.82, 2.24) is 0 Å². The van der Waals surface area contributed by atoms with Crippen LogP contribution in [-0.4, -0.2) is 11.1 Å². The molecule has 6 nitrogen and oxygen atoms in total. The number of ether oxygens (including phenoxy) is 2. The van der Waals surface area contributed by atoms with Gasteiger partial charge in [0.1, 0.15) is 12.5 Å². The zero-order chi connectivity index (χ0) is 12.0. The van der Waals surface area contributed by atoms with E-state index in [1.54, 1.807) is 6.92 Å². The maximum atomic E-state index is 10.8. The lowest BCUT2D eigenvalue weighted by molar-refractivity contribution is -0.385. The zero-order valence-corrected chi connectivity index (χ0v) is 8.91. The summed E-state index contributed by atoms with van der Waals surface area (Å²) in [5, 5.41) is 10.8. The van der Waals surface area contributed by atoms with Crippen LogP contribution < -0.4 is 0 Å². The van der Waals surface area contributed by atoms with Gasteiger partial charge < -0.3 is 9.47 Å². The monoisotopic (exact) mass is 232 g/mol. The van der Waals surface area contributed by atoms with E-state index in [9.17, 15) is 10.1 Å². The Hall–Kier alpha value is -2.37. The molecule has 2 aliphatic heterocycles. The molecule has 1 aromatic rings. The van der Waals surface area contributed by atoms with Crippen molar-refractivity contribution in [3.63, 3.8) is 0 Å². The summed E-state index contributed by atoms with van der Waals surface area (Å²) in [5.74, 6) is -1.12. The molecule has 86 valence electrons. The lowest BCUT2D eigenvalue weighted by atomic mass is 10.0. The van der Waals surface area contributed by atoms with Gasteiger partial charge in [-0.15, -0.1) is 0 Å². The van der Waals surface area contributed by atoms with Gasteiger partial charge >= 0.3 is 5.79 Å². The highest BCUT2D eigenvalue weighted by molar-refractivity contribution is 5.84. The number of hydrogen-bond donors (Lipinski definition) is 0. The van der Waals surface area contributed by atoms with E-state index in [4.69, 9.17) is 9.47 Å². The summed E-state index contributed by atoms with van der Waals surface area (Å²) < 4.78 is 10.7. The Bertz CT molecular complexity index is 569. The van der Waals surface area contributed by atoms with Crippen LogP contribution in [0.15, 0.2) is 29.6 Å². The van der Waals surface area contributed by atoms with Crippen molar-refractivity contribution >= 4 is 17.6 Å². The molecule has 0 N–H and O–H groups in total. The van der Waals surface area contributed by atoms with Crippen LogP contribution in [0.2, 0.25) is 0 Å². The van der Waals surface area contributed by atoms with Crippen LogP contribution >= 0.6 is 0 Å². The largest absolute Gasteiger partial charge is 0.448 e. The fraction of sp³-hybridized carbons (Fsp3) is 0.182. The van der Waals surface area contributed by atoms with Gasteiger partial charge in [0.25, 0.3) is 5.69 Å². The summed E-state index contributed by atoms with van der Waals surface area (Å²) in [6.07, 6.45) is 4.30. The predicted octanol–water partition coefficient (Wildman–Crippen LogP) is 2.29. The quantitative estimate of drug-likeness (QED) is 0.550. The highest BCUT2D eigenvalue weighted by Gasteiger charge is 2.44. The maximum Gasteiger partial charge on any atom is 0.317 e. The number of aryl methyl sites for hydroxylation is 1. The molecule has 0 saturated heterocycles. The van der Waals surface area contributed by atoms with Crippen molar-refractivity contribution in [3.05, 3.63) is 45.9 Å². The Balaban J connectivity index is 2.19. The van der Waals surface area contributed by atoms with Crippen LogP contribution in [0, 0.1) is 17.0 Å². The van der Waals surface area contributed by atoms with Crippen molar-refractivity contribution in [2.45, 2.75) is 12.7 Å². The van der Waals surface area contributed by atoms with Gasteiger partial charge in [0.2, 0.25) is 0 Å². The van der Waals surface area contributed by atoms with Gasteiger partial charge in [-0.3, -0.25) is 15.1 Å². The molecular formula is C11H8N2O4. The predicted molar refractivity (Wildman–Crippen MR) is 59.0 cm³/mol. The third kappa shape index (κ3) is 1.24. The summed E-state index contributed by atoms with van der Waals surface area (Å²) in [4.78, 5) is 14.6. The Morgan fingerprint density at radius 2 is 2.06 bits per heavy atom. The topological polar surface area (TPSA) is 74.0 Å². The number of fused-ring (bicyclic) bond motifs is 2. The average molecular weight is 232 g/mol. The second kappa shape index (κ2) is 3.07. The Kier molecular flexibility index (Phi) is 1.77. The van der Waals surface area contributed by atoms with Crippen molar-refractivity contribution in [2.24, 2.45) is 4.99 Å². The molecule has 0 saturated carbocycles. The molecule has 3 rings (SSSR count). The van der Waals surface area contributed by atoms with Gasteiger partial charge in [0.05, 0.1) is 22.4 Å². The van der Waals surface area contributed by atoms with E-state index < -0.39 is 10.7 Å². The maximum absolute atomic E-state index is 10.8. The highest BCUT2D eigenvalue weighted by Crippen LogP contribution is 2.44. The molecule has 0 fully saturated rings. The molecule has 0 radical (unpaired) electrons. The minimum atomic E-state index is -1.12. The van der Waals surface area contributed by atoms with Crippen molar-refractivity contribution in [2.75, 3.05) is 0 Å². The van der Waals surface area contributed by atoms with Crippen molar-refractivity contribution < 1.29 is 14.4 Å². The highest BCUT2D eigenvalue weighted by atomic mass is 16.7. The summed E-state index contributed by atoms with van der Waals surface area (Å²) in [5.41, 5.74) is 1.96. The molecule has 1 aromatic carbocycles. The number of nitro benzene ring substituents is 1. The lowest BCUT2D eigenvalue weighted by Crippen LogP contribution is -2.26. The van der Waals surface area contributed by atoms with Crippen LogP contribution in [0.3, 0.4) is 0 Å². The summed E-state index contributed by atoms with van der Waals surface area (Å²) >= 11 is 0. The molecule has 0 unspecified atom stereocenters. The summed E-state index contributed by atoms with van der Waals surface area (Å²) in [6, 6.07) is 2.92. The first-order valence-electron chi connectivity index (χ1n) is 4.98. The van der Waals surface area contributed by atoms with Crippen LogP contribution in [0.1, 0.15) is 11.1 Å². The number of benzene rings is 1. The van der Waals surface area contributed by atoms with Crippen LogP contribution in [0.4, 0.5) is 11.4 Å². The van der Waals surface area contributed by atoms with Crippen LogP contribution in [0.25, 0.3) is 0 Å². The molecule has 2 heterocycles. The second-order valence-electron chi connectivity index (χ2n) is 3.85. The van der Waals surface area contributed by atoms with Gasteiger partial charge in [-0.05, 0) is 12.5 Å². The van der Waals surface area contributed by atoms with E-state index in [0.29, 0.717) is 11.3 Å². The molecule has 0 amide bonds. The molecule has 6 heteroatoms. The third-order valence-electron chi connectivity index (χ3n) is 2.78. The fourth-order valence-corrected chi connectivity index (χ4v) is 2.00. The third-order valence-corrected chi connectivity index (χ3v) is 2.78. The molecule has 0 atom stereocenters. The van der Waals surface area contributed by atoms with E-state index >= 15 is 0 Å². The molecule has 0 aromatic heterocycles. The van der Waals surface area contributed by atoms with E-state index in [-0.39, 0.29) is 5.69 Å². The van der Waals surface area contributed by atoms with Gasteiger partial charge in [-0.2, -0.15) is 0 Å². The molecule has 0 aliphatic carbocycles. The first kappa shape index (κ1) is 9.83. The lowest BCUT2D eigenvalue weighted by Gasteiger charge is -2.20. The normalized spacial score (nSPS) is 17.9.